The van der Waals surface area contributed by atoms with Crippen LogP contribution in [0, 0.1) is 11.3 Å². The van der Waals surface area contributed by atoms with E-state index in [4.69, 9.17) is 27.9 Å². The molecule has 0 spiro atoms. The van der Waals surface area contributed by atoms with Gasteiger partial charge in [-0.3, -0.25) is 14.2 Å². The number of nitrogens with zero attached hydrogens (tertiary/aromatic N) is 2. The monoisotopic (exact) mass is 521 g/mol. The molecule has 0 aliphatic carbocycles. The smallest absolute Gasteiger partial charge is 0.273 e. The van der Waals surface area contributed by atoms with E-state index in [1.807, 2.05) is 30.3 Å². The lowest BCUT2D eigenvalue weighted by Gasteiger charge is -2.07. The number of nitriles is 1. The summed E-state index contributed by atoms with van der Waals surface area (Å²) in [6.45, 7) is 0. The lowest BCUT2D eigenvalue weighted by atomic mass is 10.2. The van der Waals surface area contributed by atoms with Crippen molar-refractivity contribution in [1.29, 1.82) is 5.26 Å². The summed E-state index contributed by atoms with van der Waals surface area (Å²) in [5.41, 5.74) is 0.901. The molecule has 0 atom stereocenters. The normalized spacial score (nSPS) is 12.1. The van der Waals surface area contributed by atoms with E-state index in [1.165, 1.54) is 16.7 Å². The number of amides is 1. The van der Waals surface area contributed by atoms with Gasteiger partial charge in [0.15, 0.2) is 5.57 Å². The van der Waals surface area contributed by atoms with E-state index >= 15 is 0 Å². The zero-order chi connectivity index (χ0) is 24.9. The minimum Gasteiger partial charge on any atom is -0.496 e. The molecule has 0 aliphatic heterocycles. The van der Waals surface area contributed by atoms with Crippen molar-refractivity contribution in [2.24, 2.45) is 0 Å². The van der Waals surface area contributed by atoms with Gasteiger partial charge in [0.05, 0.1) is 28.0 Å². The lowest BCUT2D eigenvalue weighted by Crippen LogP contribution is -2.32. The van der Waals surface area contributed by atoms with E-state index in [1.54, 1.807) is 49.6 Å². The number of hydrogen-bond acceptors (Lipinski definition) is 5. The number of hydrogen-bond donors (Lipinski definition) is 1. The highest BCUT2D eigenvalue weighted by molar-refractivity contribution is 7.07. The maximum atomic E-state index is 13.5. The van der Waals surface area contributed by atoms with E-state index in [2.05, 4.69) is 5.32 Å². The first kappa shape index (κ1) is 24.3. The average molecular weight is 522 g/mol. The summed E-state index contributed by atoms with van der Waals surface area (Å²) in [6, 6.07) is 22.6. The highest BCUT2D eigenvalue weighted by Gasteiger charge is 2.18. The number of thiazole rings is 1. The fraction of sp³-hybridized carbons (Fsp3) is 0.0385. The number of para-hydroxylation sites is 2. The van der Waals surface area contributed by atoms with Crippen molar-refractivity contribution >= 4 is 57.8 Å². The molecule has 0 bridgehead atoms. The molecule has 0 saturated carbocycles. The summed E-state index contributed by atoms with van der Waals surface area (Å²) in [4.78, 5) is 26.6. The van der Waals surface area contributed by atoms with Crippen molar-refractivity contribution in [3.8, 4) is 17.5 Å². The van der Waals surface area contributed by atoms with Gasteiger partial charge >= 0.3 is 0 Å². The van der Waals surface area contributed by atoms with Crippen LogP contribution in [0.2, 0.25) is 10.0 Å². The minimum atomic E-state index is -0.702. The van der Waals surface area contributed by atoms with Crippen molar-refractivity contribution < 1.29 is 9.53 Å². The van der Waals surface area contributed by atoms with Gasteiger partial charge in [-0.15, -0.1) is 11.3 Å². The van der Waals surface area contributed by atoms with Crippen LogP contribution < -0.4 is 24.8 Å². The van der Waals surface area contributed by atoms with Gasteiger partial charge in [-0.1, -0.05) is 59.6 Å². The van der Waals surface area contributed by atoms with Crippen LogP contribution in [0.25, 0.3) is 17.3 Å². The molecule has 0 fully saturated rings. The highest BCUT2D eigenvalue weighted by atomic mass is 35.5. The van der Waals surface area contributed by atoms with Crippen LogP contribution in [-0.2, 0) is 4.79 Å². The quantitative estimate of drug-likeness (QED) is 0.423. The number of carbonyl (C=O) groups excluding carboxylic acids is 1. The Morgan fingerprint density at radius 2 is 1.80 bits per heavy atom. The summed E-state index contributed by atoms with van der Waals surface area (Å²) in [5, 5.41) is 13.2. The minimum absolute atomic E-state index is 0.187. The van der Waals surface area contributed by atoms with E-state index in [0.717, 1.165) is 11.3 Å². The van der Waals surface area contributed by atoms with Gasteiger partial charge in [0, 0.05) is 10.6 Å². The molecular weight excluding hydrogens is 505 g/mol. The molecule has 1 amide bonds. The topological polar surface area (TPSA) is 84.1 Å². The zero-order valence-electron chi connectivity index (χ0n) is 18.3. The van der Waals surface area contributed by atoms with Crippen molar-refractivity contribution in [3.05, 3.63) is 108 Å². The second kappa shape index (κ2) is 10.6. The van der Waals surface area contributed by atoms with Gasteiger partial charge in [-0.05, 0) is 42.5 Å². The Morgan fingerprint density at radius 3 is 2.49 bits per heavy atom. The molecule has 1 heterocycles. The van der Waals surface area contributed by atoms with E-state index in [9.17, 15) is 14.9 Å². The Labute approximate surface area is 214 Å². The Hall–Kier alpha value is -3.83. The molecule has 35 heavy (non-hydrogen) atoms. The molecule has 0 aliphatic rings. The van der Waals surface area contributed by atoms with E-state index in [-0.39, 0.29) is 20.8 Å². The van der Waals surface area contributed by atoms with E-state index in [0.29, 0.717) is 32.2 Å². The molecule has 4 rings (SSSR count). The first-order valence-corrected chi connectivity index (χ1v) is 11.8. The van der Waals surface area contributed by atoms with Crippen LogP contribution in [0.4, 0.5) is 5.69 Å². The third kappa shape index (κ3) is 5.15. The summed E-state index contributed by atoms with van der Waals surface area (Å²) in [5.74, 6) is -0.112. The molecule has 0 saturated heterocycles. The van der Waals surface area contributed by atoms with Crippen molar-refractivity contribution in [3.63, 3.8) is 0 Å². The van der Waals surface area contributed by atoms with E-state index < -0.39 is 5.91 Å². The number of methoxy groups -OCH3 is 1. The molecular formula is C26H17Cl2N3O3S. The van der Waals surface area contributed by atoms with Gasteiger partial charge in [-0.2, -0.15) is 5.26 Å². The molecule has 3 aromatic carbocycles. The van der Waals surface area contributed by atoms with Crippen molar-refractivity contribution in [1.82, 2.24) is 4.57 Å². The standard InChI is InChI=1S/C26H17Cl2N3O3S/c1-34-22-10-6-5-7-16(22)13-23-25(33)31(18-8-3-2-4-9-18)26(35-23)19(15-29)24(32)30-21-12-11-17(27)14-20(21)28/h2-14H,1H3,(H,30,32)/b23-13+,26-19-. The Balaban J connectivity index is 1.96. The second-order valence-electron chi connectivity index (χ2n) is 7.20. The molecule has 4 aromatic rings. The average Bonchev–Trinajstić information content (AvgIpc) is 3.17. The number of ether oxygens (including phenoxy) is 1. The second-order valence-corrected chi connectivity index (χ2v) is 9.07. The van der Waals surface area contributed by atoms with Crippen molar-refractivity contribution in [2.45, 2.75) is 0 Å². The van der Waals surface area contributed by atoms with Gasteiger partial charge in [-0.25, -0.2) is 0 Å². The van der Waals surface area contributed by atoms with Crippen LogP contribution in [0.15, 0.2) is 77.6 Å². The first-order chi connectivity index (χ1) is 16.9. The molecule has 174 valence electrons. The van der Waals surface area contributed by atoms with Gasteiger partial charge < -0.3 is 10.1 Å². The van der Waals surface area contributed by atoms with Crippen LogP contribution in [0.3, 0.4) is 0 Å². The Kier molecular flexibility index (Phi) is 7.37. The number of halogens is 2. The molecule has 0 radical (unpaired) electrons. The van der Waals surface area contributed by atoms with Gasteiger partial charge in [0.2, 0.25) is 0 Å². The zero-order valence-corrected chi connectivity index (χ0v) is 20.6. The van der Waals surface area contributed by atoms with Crippen LogP contribution in [0.5, 0.6) is 5.75 Å². The fourth-order valence-electron chi connectivity index (χ4n) is 3.36. The van der Waals surface area contributed by atoms with Gasteiger partial charge in [0.25, 0.3) is 11.5 Å². The number of anilines is 1. The predicted molar refractivity (Wildman–Crippen MR) is 140 cm³/mol. The molecule has 0 unspecified atom stereocenters. The SMILES string of the molecule is COc1ccccc1/C=c1/s/c(=C(/C#N)C(=O)Nc2ccc(Cl)cc2Cl)n(-c2ccccc2)c1=O. The van der Waals surface area contributed by atoms with Crippen LogP contribution in [-0.4, -0.2) is 17.6 Å². The third-order valence-corrected chi connectivity index (χ3v) is 6.64. The maximum Gasteiger partial charge on any atom is 0.273 e. The summed E-state index contributed by atoms with van der Waals surface area (Å²) in [6.07, 6.45) is 1.68. The maximum absolute atomic E-state index is 13.5. The fourth-order valence-corrected chi connectivity index (χ4v) is 4.91. The summed E-state index contributed by atoms with van der Waals surface area (Å²) < 4.78 is 7.27. The number of aromatic nitrogens is 1. The first-order valence-electron chi connectivity index (χ1n) is 10.3. The highest BCUT2D eigenvalue weighted by Crippen LogP contribution is 2.25. The molecule has 6 nitrogen and oxygen atoms in total. The number of benzene rings is 3. The summed E-state index contributed by atoms with van der Waals surface area (Å²) in [7, 11) is 1.54. The predicted octanol–water partition coefficient (Wildman–Crippen LogP) is 4.36. The van der Waals surface area contributed by atoms with Crippen LogP contribution >= 0.6 is 34.5 Å². The lowest BCUT2D eigenvalue weighted by molar-refractivity contribution is -0.111. The number of rotatable bonds is 5. The summed E-state index contributed by atoms with van der Waals surface area (Å²) >= 11 is 13.2. The number of nitrogens with one attached hydrogen (secondary N) is 1. The molecule has 1 N–H and O–H groups in total. The number of carbonyl (C=O) groups is 1. The Morgan fingerprint density at radius 1 is 1.09 bits per heavy atom. The third-order valence-electron chi connectivity index (χ3n) is 5.00. The molecule has 1 aromatic heterocycles. The van der Waals surface area contributed by atoms with Crippen LogP contribution in [0.1, 0.15) is 5.56 Å². The van der Waals surface area contributed by atoms with Crippen molar-refractivity contribution in [2.75, 3.05) is 12.4 Å². The largest absolute Gasteiger partial charge is 0.496 e. The Bertz CT molecular complexity index is 1640. The molecule has 9 heteroatoms. The van der Waals surface area contributed by atoms with Gasteiger partial charge in [0.1, 0.15) is 16.5 Å².